The lowest BCUT2D eigenvalue weighted by Gasteiger charge is -2.19. The highest BCUT2D eigenvalue weighted by Gasteiger charge is 2.24. The summed E-state index contributed by atoms with van der Waals surface area (Å²) in [6.45, 7) is 12.1. The molecule has 0 aliphatic carbocycles. The molecule has 0 aliphatic rings. The Morgan fingerprint density at radius 3 is 2.56 bits per heavy atom. The van der Waals surface area contributed by atoms with Crippen molar-refractivity contribution >= 4 is 34.1 Å². The van der Waals surface area contributed by atoms with Gasteiger partial charge in [0.05, 0.1) is 17.6 Å². The van der Waals surface area contributed by atoms with Crippen LogP contribution in [0.15, 0.2) is 35.7 Å². The van der Waals surface area contributed by atoms with E-state index in [1.54, 1.807) is 11.3 Å². The largest absolute Gasteiger partial charge is 0.380 e. The van der Waals surface area contributed by atoms with Gasteiger partial charge in [-0.1, -0.05) is 33.8 Å². The van der Waals surface area contributed by atoms with Gasteiger partial charge in [0.15, 0.2) is 5.78 Å². The number of thiophene rings is 1. The van der Waals surface area contributed by atoms with E-state index in [9.17, 15) is 9.59 Å². The maximum Gasteiger partial charge on any atom is 0.223 e. The van der Waals surface area contributed by atoms with E-state index in [4.69, 9.17) is 9.72 Å². The zero-order valence-electron chi connectivity index (χ0n) is 22.4. The lowest BCUT2D eigenvalue weighted by molar-refractivity contribution is -0.125. The summed E-state index contributed by atoms with van der Waals surface area (Å²) in [5, 5.41) is 5.03. The van der Waals surface area contributed by atoms with Crippen LogP contribution in [-0.4, -0.2) is 41.0 Å². The molecule has 1 atom stereocenters. The predicted octanol–water partition coefficient (Wildman–Crippen LogP) is 6.44. The number of benzene rings is 1. The predicted molar refractivity (Wildman–Crippen MR) is 148 cm³/mol. The van der Waals surface area contributed by atoms with Gasteiger partial charge in [-0.15, -0.1) is 11.3 Å². The van der Waals surface area contributed by atoms with E-state index in [0.717, 1.165) is 36.1 Å². The minimum absolute atomic E-state index is 0.0144. The molecule has 3 aromatic rings. The van der Waals surface area contributed by atoms with Crippen molar-refractivity contribution in [2.75, 3.05) is 19.8 Å². The number of nitrogens with zero attached hydrogens (tertiary/aromatic N) is 2. The van der Waals surface area contributed by atoms with Crippen LogP contribution >= 0.6 is 11.3 Å². The summed E-state index contributed by atoms with van der Waals surface area (Å²) in [6, 6.07) is 10.4. The third-order valence-corrected chi connectivity index (χ3v) is 7.49. The fourth-order valence-electron chi connectivity index (χ4n) is 4.81. The van der Waals surface area contributed by atoms with E-state index in [1.807, 2.05) is 25.1 Å². The monoisotopic (exact) mass is 511 g/mol. The molecule has 0 bridgehead atoms. The number of carbonyl (C=O) groups is 2. The second-order valence-electron chi connectivity index (χ2n) is 9.77. The van der Waals surface area contributed by atoms with Gasteiger partial charge < -0.3 is 14.6 Å². The highest BCUT2D eigenvalue weighted by molar-refractivity contribution is 7.09. The van der Waals surface area contributed by atoms with Gasteiger partial charge in [0.1, 0.15) is 5.82 Å². The number of carbonyl (C=O) groups excluding carboxylic acids is 2. The Morgan fingerprint density at radius 1 is 1.14 bits per heavy atom. The van der Waals surface area contributed by atoms with Gasteiger partial charge in [-0.2, -0.15) is 0 Å². The van der Waals surface area contributed by atoms with Crippen molar-refractivity contribution in [3.63, 3.8) is 0 Å². The molecule has 0 fully saturated rings. The molecule has 196 valence electrons. The number of nitrogens with one attached hydrogen (secondary N) is 1. The number of ether oxygens (including phenoxy) is 1. The topological polar surface area (TPSA) is 73.2 Å². The lowest BCUT2D eigenvalue weighted by atomic mass is 9.89. The smallest absolute Gasteiger partial charge is 0.223 e. The van der Waals surface area contributed by atoms with E-state index < -0.39 is 0 Å². The minimum Gasteiger partial charge on any atom is -0.380 e. The minimum atomic E-state index is -0.355. The van der Waals surface area contributed by atoms with Crippen molar-refractivity contribution in [1.29, 1.82) is 0 Å². The summed E-state index contributed by atoms with van der Waals surface area (Å²) in [7, 11) is 0. The highest BCUT2D eigenvalue weighted by Crippen LogP contribution is 2.29. The molecule has 1 amide bonds. The zero-order chi connectivity index (χ0) is 26.1. The van der Waals surface area contributed by atoms with Crippen molar-refractivity contribution in [2.45, 2.75) is 72.8 Å². The first-order valence-corrected chi connectivity index (χ1v) is 14.2. The second kappa shape index (κ2) is 13.7. The third kappa shape index (κ3) is 7.26. The van der Waals surface area contributed by atoms with E-state index in [-0.39, 0.29) is 24.0 Å². The molecule has 1 N–H and O–H groups in total. The van der Waals surface area contributed by atoms with E-state index >= 15 is 0 Å². The van der Waals surface area contributed by atoms with Crippen LogP contribution in [0, 0.1) is 11.8 Å². The molecule has 2 aromatic heterocycles. The summed E-state index contributed by atoms with van der Waals surface area (Å²) in [4.78, 5) is 32.4. The van der Waals surface area contributed by atoms with Gasteiger partial charge in [-0.25, -0.2) is 4.98 Å². The quantitative estimate of drug-likeness (QED) is 0.188. The average molecular weight is 512 g/mol. The molecule has 36 heavy (non-hydrogen) atoms. The fourth-order valence-corrected chi connectivity index (χ4v) is 5.51. The van der Waals surface area contributed by atoms with Gasteiger partial charge in [0, 0.05) is 48.4 Å². The highest BCUT2D eigenvalue weighted by atomic mass is 32.1. The molecule has 6 nitrogen and oxygen atoms in total. The van der Waals surface area contributed by atoms with E-state index in [1.165, 1.54) is 4.88 Å². The van der Waals surface area contributed by atoms with Crippen LogP contribution in [0.5, 0.6) is 0 Å². The molecule has 0 radical (unpaired) electrons. The summed E-state index contributed by atoms with van der Waals surface area (Å²) in [6.07, 6.45) is 3.69. The summed E-state index contributed by atoms with van der Waals surface area (Å²) >= 11 is 1.74. The summed E-state index contributed by atoms with van der Waals surface area (Å²) < 4.78 is 7.68. The number of fused-ring (bicyclic) bond motifs is 1. The van der Waals surface area contributed by atoms with Gasteiger partial charge in [-0.05, 0) is 61.7 Å². The molecule has 0 saturated heterocycles. The standard InChI is InChI=1S/C29H41N3O3S/c1-6-23(7-2)32-26-12-11-21(17-25(26)31-28(32)19-24-10-9-15-36-24)27(33)18-22(16-20(4)5)29(34)30-13-14-35-8-3/h9-12,15,17,20,22-23H,6-8,13-14,16,18-19H2,1-5H3,(H,30,34)/t22-/m1/s1. The average Bonchev–Trinajstić information content (AvgIpc) is 3.49. The molecule has 0 aliphatic heterocycles. The lowest BCUT2D eigenvalue weighted by Crippen LogP contribution is -2.35. The zero-order valence-corrected chi connectivity index (χ0v) is 23.2. The van der Waals surface area contributed by atoms with E-state index in [2.05, 4.69) is 55.1 Å². The van der Waals surface area contributed by atoms with Crippen LogP contribution in [0.4, 0.5) is 0 Å². The third-order valence-electron chi connectivity index (χ3n) is 6.61. The summed E-state index contributed by atoms with van der Waals surface area (Å²) in [5.41, 5.74) is 2.54. The number of imidazole rings is 1. The number of hydrogen-bond donors (Lipinski definition) is 1. The van der Waals surface area contributed by atoms with Gasteiger partial charge in [-0.3, -0.25) is 9.59 Å². The molecular formula is C29H41N3O3S. The van der Waals surface area contributed by atoms with Crippen LogP contribution in [-0.2, 0) is 16.0 Å². The van der Waals surface area contributed by atoms with Gasteiger partial charge in [0.2, 0.25) is 5.91 Å². The van der Waals surface area contributed by atoms with E-state index in [0.29, 0.717) is 43.7 Å². The maximum absolute atomic E-state index is 13.3. The molecule has 7 heteroatoms. The normalized spacial score (nSPS) is 12.5. The second-order valence-corrected chi connectivity index (χ2v) is 10.8. The Labute approximate surface area is 219 Å². The van der Waals surface area contributed by atoms with Crippen LogP contribution in [0.3, 0.4) is 0 Å². The Morgan fingerprint density at radius 2 is 1.92 bits per heavy atom. The van der Waals surface area contributed by atoms with Gasteiger partial charge >= 0.3 is 0 Å². The first-order chi connectivity index (χ1) is 17.4. The Balaban J connectivity index is 1.84. The fraction of sp³-hybridized carbons (Fsp3) is 0.552. The van der Waals surface area contributed by atoms with Gasteiger partial charge in [0.25, 0.3) is 0 Å². The maximum atomic E-state index is 13.3. The Kier molecular flexibility index (Phi) is 10.7. The van der Waals surface area contributed by atoms with Crippen molar-refractivity contribution < 1.29 is 14.3 Å². The number of rotatable bonds is 15. The van der Waals surface area contributed by atoms with Crippen LogP contribution < -0.4 is 5.32 Å². The van der Waals surface area contributed by atoms with Crippen molar-refractivity contribution in [2.24, 2.45) is 11.8 Å². The van der Waals surface area contributed by atoms with Crippen LogP contribution in [0.1, 0.15) is 87.4 Å². The number of Topliss-reactive ketones (excluding diaryl/α,β-unsaturated/α-hetero) is 1. The molecule has 0 unspecified atom stereocenters. The Bertz CT molecular complexity index is 1120. The Hall–Kier alpha value is -2.51. The number of hydrogen-bond acceptors (Lipinski definition) is 5. The van der Waals surface area contributed by atoms with Crippen molar-refractivity contribution in [3.05, 3.63) is 52.0 Å². The molecule has 0 saturated carbocycles. The van der Waals surface area contributed by atoms with Crippen molar-refractivity contribution in [1.82, 2.24) is 14.9 Å². The summed E-state index contributed by atoms with van der Waals surface area (Å²) in [5.74, 6) is 0.912. The first-order valence-electron chi connectivity index (χ1n) is 13.3. The number of ketones is 1. The molecule has 1 aromatic carbocycles. The molecule has 2 heterocycles. The first kappa shape index (κ1) is 28.1. The molecular weight excluding hydrogens is 470 g/mol. The van der Waals surface area contributed by atoms with Crippen LogP contribution in [0.25, 0.3) is 11.0 Å². The number of aromatic nitrogens is 2. The SMILES string of the molecule is CCOCCNC(=O)[C@@H](CC(=O)c1ccc2c(c1)nc(Cc1cccs1)n2C(CC)CC)CC(C)C. The van der Waals surface area contributed by atoms with Crippen LogP contribution in [0.2, 0.25) is 0 Å². The molecule has 0 spiro atoms. The van der Waals surface area contributed by atoms with Crippen molar-refractivity contribution in [3.8, 4) is 0 Å². The molecule has 3 rings (SSSR count). The number of amides is 1.